The van der Waals surface area contributed by atoms with Gasteiger partial charge in [0.2, 0.25) is 0 Å². The molecule has 1 aromatic carbocycles. The van der Waals surface area contributed by atoms with Gasteiger partial charge in [0.15, 0.2) is 5.78 Å². The molecule has 0 amide bonds. The van der Waals surface area contributed by atoms with E-state index in [1.165, 1.54) is 6.92 Å². The molecule has 2 unspecified atom stereocenters. The molecular weight excluding hydrogens is 192 g/mol. The number of hydrogen-bond donors (Lipinski definition) is 1. The Morgan fingerprint density at radius 1 is 1.40 bits per heavy atom. The minimum absolute atomic E-state index is 0.0179. The summed E-state index contributed by atoms with van der Waals surface area (Å²) in [5.41, 5.74) is 1.62. The van der Waals surface area contributed by atoms with E-state index in [4.69, 9.17) is 5.11 Å². The Kier molecular flexibility index (Phi) is 2.31. The first-order chi connectivity index (χ1) is 7.09. The first-order valence-corrected chi connectivity index (χ1v) is 4.93. The van der Waals surface area contributed by atoms with Gasteiger partial charge in [0, 0.05) is 5.56 Å². The third-order valence-electron chi connectivity index (χ3n) is 2.83. The van der Waals surface area contributed by atoms with Gasteiger partial charge in [0.05, 0.1) is 5.92 Å². The molecule has 1 saturated carbocycles. The minimum atomic E-state index is -0.742. The van der Waals surface area contributed by atoms with Crippen molar-refractivity contribution in [2.24, 2.45) is 5.92 Å². The summed E-state index contributed by atoms with van der Waals surface area (Å²) in [4.78, 5) is 21.8. The number of benzene rings is 1. The van der Waals surface area contributed by atoms with E-state index in [9.17, 15) is 9.59 Å². The fraction of sp³-hybridized carbons (Fsp3) is 0.333. The highest BCUT2D eigenvalue weighted by Crippen LogP contribution is 2.47. The average molecular weight is 204 g/mol. The van der Waals surface area contributed by atoms with Gasteiger partial charge in [-0.3, -0.25) is 9.59 Å². The molecule has 2 atom stereocenters. The van der Waals surface area contributed by atoms with E-state index < -0.39 is 5.97 Å². The van der Waals surface area contributed by atoms with Crippen LogP contribution in [0.2, 0.25) is 0 Å². The lowest BCUT2D eigenvalue weighted by atomic mass is 10.0. The second-order valence-electron chi connectivity index (χ2n) is 3.97. The molecule has 78 valence electrons. The topological polar surface area (TPSA) is 54.4 Å². The standard InChI is InChI=1S/C12H12O3/c1-7(13)8-3-2-4-9(5-8)10-6-11(10)12(14)15/h2-5,10-11H,6H2,1H3,(H,14,15). The van der Waals surface area contributed by atoms with Crippen LogP contribution in [-0.2, 0) is 4.79 Å². The van der Waals surface area contributed by atoms with E-state index in [0.717, 1.165) is 5.56 Å². The smallest absolute Gasteiger partial charge is 0.307 e. The maximum atomic E-state index is 11.1. The van der Waals surface area contributed by atoms with Crippen molar-refractivity contribution in [1.82, 2.24) is 0 Å². The van der Waals surface area contributed by atoms with Crippen LogP contribution in [-0.4, -0.2) is 16.9 Å². The van der Waals surface area contributed by atoms with Crippen LogP contribution in [0, 0.1) is 5.92 Å². The number of hydrogen-bond acceptors (Lipinski definition) is 2. The summed E-state index contributed by atoms with van der Waals surface area (Å²) in [7, 11) is 0. The summed E-state index contributed by atoms with van der Waals surface area (Å²) < 4.78 is 0. The summed E-state index contributed by atoms with van der Waals surface area (Å²) >= 11 is 0. The van der Waals surface area contributed by atoms with Crippen molar-refractivity contribution in [2.45, 2.75) is 19.3 Å². The Balaban J connectivity index is 2.20. The van der Waals surface area contributed by atoms with Gasteiger partial charge in [0.25, 0.3) is 0 Å². The molecule has 1 N–H and O–H groups in total. The number of carbonyl (C=O) groups is 2. The van der Waals surface area contributed by atoms with Crippen LogP contribution in [0.5, 0.6) is 0 Å². The van der Waals surface area contributed by atoms with Crippen molar-refractivity contribution >= 4 is 11.8 Å². The maximum Gasteiger partial charge on any atom is 0.307 e. The van der Waals surface area contributed by atoms with Gasteiger partial charge in [-0.15, -0.1) is 0 Å². The molecule has 2 rings (SSSR count). The largest absolute Gasteiger partial charge is 0.481 e. The first kappa shape index (κ1) is 9.90. The summed E-state index contributed by atoms with van der Waals surface area (Å²) in [5, 5.41) is 8.80. The molecular formula is C12H12O3. The summed E-state index contributed by atoms with van der Waals surface area (Å²) in [6.45, 7) is 1.51. The summed E-state index contributed by atoms with van der Waals surface area (Å²) in [6, 6.07) is 7.25. The number of carbonyl (C=O) groups excluding carboxylic acids is 1. The zero-order chi connectivity index (χ0) is 11.0. The molecule has 3 heteroatoms. The van der Waals surface area contributed by atoms with Gasteiger partial charge in [-0.2, -0.15) is 0 Å². The maximum absolute atomic E-state index is 11.1. The number of carboxylic acids is 1. The molecule has 1 fully saturated rings. The van der Waals surface area contributed by atoms with Gasteiger partial charge in [0.1, 0.15) is 0 Å². The SMILES string of the molecule is CC(=O)c1cccc(C2CC2C(=O)O)c1. The Morgan fingerprint density at radius 2 is 2.13 bits per heavy atom. The van der Waals surface area contributed by atoms with E-state index in [2.05, 4.69) is 0 Å². The van der Waals surface area contributed by atoms with E-state index in [-0.39, 0.29) is 17.6 Å². The van der Waals surface area contributed by atoms with Gasteiger partial charge in [-0.1, -0.05) is 18.2 Å². The van der Waals surface area contributed by atoms with Crippen LogP contribution in [0.25, 0.3) is 0 Å². The monoisotopic (exact) mass is 204 g/mol. The van der Waals surface area contributed by atoms with Gasteiger partial charge in [-0.25, -0.2) is 0 Å². The fourth-order valence-corrected chi connectivity index (χ4v) is 1.82. The molecule has 0 radical (unpaired) electrons. The van der Waals surface area contributed by atoms with E-state index >= 15 is 0 Å². The fourth-order valence-electron chi connectivity index (χ4n) is 1.82. The predicted molar refractivity (Wildman–Crippen MR) is 54.9 cm³/mol. The van der Waals surface area contributed by atoms with E-state index in [1.54, 1.807) is 12.1 Å². The second kappa shape index (κ2) is 3.50. The Bertz CT molecular complexity index is 423. The van der Waals surface area contributed by atoms with Gasteiger partial charge < -0.3 is 5.11 Å². The van der Waals surface area contributed by atoms with Crippen LogP contribution < -0.4 is 0 Å². The predicted octanol–water partition coefficient (Wildman–Crippen LogP) is 2.08. The first-order valence-electron chi connectivity index (χ1n) is 4.93. The number of aliphatic carboxylic acids is 1. The lowest BCUT2D eigenvalue weighted by Crippen LogP contribution is -1.99. The highest BCUT2D eigenvalue weighted by molar-refractivity contribution is 5.94. The van der Waals surface area contributed by atoms with Crippen LogP contribution in [0.3, 0.4) is 0 Å². The molecule has 0 aromatic heterocycles. The van der Waals surface area contributed by atoms with Crippen molar-refractivity contribution in [3.8, 4) is 0 Å². The van der Waals surface area contributed by atoms with Crippen LogP contribution in [0.1, 0.15) is 35.2 Å². The quantitative estimate of drug-likeness (QED) is 0.767. The molecule has 0 aliphatic heterocycles. The lowest BCUT2D eigenvalue weighted by Gasteiger charge is -2.01. The Labute approximate surface area is 87.7 Å². The molecule has 15 heavy (non-hydrogen) atoms. The van der Waals surface area contributed by atoms with Crippen molar-refractivity contribution in [2.75, 3.05) is 0 Å². The second-order valence-corrected chi connectivity index (χ2v) is 3.97. The van der Waals surface area contributed by atoms with Crippen molar-refractivity contribution in [3.05, 3.63) is 35.4 Å². The molecule has 0 bridgehead atoms. The number of ketones is 1. The number of rotatable bonds is 3. The zero-order valence-electron chi connectivity index (χ0n) is 8.43. The molecule has 3 nitrogen and oxygen atoms in total. The van der Waals surface area contributed by atoms with Gasteiger partial charge >= 0.3 is 5.97 Å². The van der Waals surface area contributed by atoms with Crippen LogP contribution in [0.15, 0.2) is 24.3 Å². The Hall–Kier alpha value is -1.64. The lowest BCUT2D eigenvalue weighted by molar-refractivity contribution is -0.138. The third-order valence-corrected chi connectivity index (χ3v) is 2.83. The van der Waals surface area contributed by atoms with Crippen LogP contribution in [0.4, 0.5) is 0 Å². The highest BCUT2D eigenvalue weighted by atomic mass is 16.4. The van der Waals surface area contributed by atoms with Crippen LogP contribution >= 0.6 is 0 Å². The molecule has 0 saturated heterocycles. The van der Waals surface area contributed by atoms with E-state index in [0.29, 0.717) is 12.0 Å². The van der Waals surface area contributed by atoms with E-state index in [1.807, 2.05) is 12.1 Å². The molecule has 1 aliphatic rings. The highest BCUT2D eigenvalue weighted by Gasteiger charge is 2.44. The van der Waals surface area contributed by atoms with Crippen molar-refractivity contribution in [3.63, 3.8) is 0 Å². The minimum Gasteiger partial charge on any atom is -0.481 e. The van der Waals surface area contributed by atoms with Gasteiger partial charge in [-0.05, 0) is 30.9 Å². The zero-order valence-corrected chi connectivity index (χ0v) is 8.43. The molecule has 1 aliphatic carbocycles. The Morgan fingerprint density at radius 3 is 2.67 bits per heavy atom. The normalized spacial score (nSPS) is 23.5. The average Bonchev–Trinajstić information content (AvgIpc) is 2.97. The number of Topliss-reactive ketones (excluding diaryl/α,β-unsaturated/α-hetero) is 1. The summed E-state index contributed by atoms with van der Waals surface area (Å²) in [5.74, 6) is -0.883. The molecule has 0 spiro atoms. The number of carboxylic acid groups (broad SMARTS) is 1. The summed E-state index contributed by atoms with van der Waals surface area (Å²) in [6.07, 6.45) is 0.691. The third kappa shape index (κ3) is 1.91. The van der Waals surface area contributed by atoms with Crippen molar-refractivity contribution in [1.29, 1.82) is 0 Å². The molecule has 1 aromatic rings. The molecule has 0 heterocycles. The van der Waals surface area contributed by atoms with Crippen molar-refractivity contribution < 1.29 is 14.7 Å².